The van der Waals surface area contributed by atoms with Gasteiger partial charge in [0.05, 0.1) is 4.92 Å². The number of hydrogen-bond acceptors (Lipinski definition) is 4. The number of rotatable bonds is 4. The van der Waals surface area contributed by atoms with Gasteiger partial charge in [-0.25, -0.2) is 0 Å². The van der Waals surface area contributed by atoms with Crippen molar-refractivity contribution in [1.82, 2.24) is 0 Å². The van der Waals surface area contributed by atoms with Crippen molar-refractivity contribution in [2.45, 2.75) is 33.2 Å². The normalized spacial score (nSPS) is 12.0. The van der Waals surface area contributed by atoms with Crippen LogP contribution in [0.5, 0.6) is 0 Å². The lowest BCUT2D eigenvalue weighted by molar-refractivity contribution is -0.384. The van der Waals surface area contributed by atoms with Crippen LogP contribution in [-0.4, -0.2) is 16.9 Å². The molecule has 1 amide bonds. The number of nitro groups is 1. The Labute approximate surface area is 105 Å². The number of anilines is 1. The van der Waals surface area contributed by atoms with Crippen LogP contribution >= 0.6 is 0 Å². The summed E-state index contributed by atoms with van der Waals surface area (Å²) in [5.41, 5.74) is 7.32. The molecule has 1 aromatic rings. The number of nitrogens with two attached hydrogens (primary N) is 1. The van der Waals surface area contributed by atoms with Gasteiger partial charge in [0.15, 0.2) is 0 Å². The van der Waals surface area contributed by atoms with Crippen molar-refractivity contribution in [3.8, 4) is 0 Å². The first-order chi connectivity index (χ1) is 8.31. The van der Waals surface area contributed by atoms with Gasteiger partial charge in [-0.3, -0.25) is 14.9 Å². The number of amides is 1. The van der Waals surface area contributed by atoms with Crippen LogP contribution in [-0.2, 0) is 4.79 Å². The number of nitro benzene ring substituents is 1. The predicted octanol–water partition coefficient (Wildman–Crippen LogP) is 1.89. The second kappa shape index (κ2) is 5.59. The molecule has 0 saturated carbocycles. The molecule has 0 heterocycles. The molecule has 1 rings (SSSR count). The zero-order chi connectivity index (χ0) is 13.9. The average Bonchev–Trinajstić information content (AvgIpc) is 2.21. The van der Waals surface area contributed by atoms with E-state index in [0.717, 1.165) is 11.1 Å². The van der Waals surface area contributed by atoms with Crippen molar-refractivity contribution in [1.29, 1.82) is 0 Å². The fraction of sp³-hybridized carbons (Fsp3) is 0.417. The number of aryl methyl sites for hydroxylation is 2. The standard InChI is InChI=1S/C12H17N3O3/c1-7-4-10(14-12(16)6-9(3)13)11(15(17)18)5-8(7)2/h4-5,9H,6,13H2,1-3H3,(H,14,16). The molecule has 6 nitrogen and oxygen atoms in total. The summed E-state index contributed by atoms with van der Waals surface area (Å²) in [6.45, 7) is 5.32. The molecule has 0 aromatic heterocycles. The smallest absolute Gasteiger partial charge is 0.293 e. The maximum Gasteiger partial charge on any atom is 0.293 e. The third-order valence-corrected chi connectivity index (χ3v) is 2.59. The van der Waals surface area contributed by atoms with E-state index in [4.69, 9.17) is 5.73 Å². The highest BCUT2D eigenvalue weighted by molar-refractivity contribution is 5.93. The van der Waals surface area contributed by atoms with Crippen LogP contribution in [0.15, 0.2) is 12.1 Å². The van der Waals surface area contributed by atoms with E-state index in [2.05, 4.69) is 5.32 Å². The van der Waals surface area contributed by atoms with Crippen molar-refractivity contribution < 1.29 is 9.72 Å². The highest BCUT2D eigenvalue weighted by atomic mass is 16.6. The summed E-state index contributed by atoms with van der Waals surface area (Å²) in [7, 11) is 0. The molecule has 1 unspecified atom stereocenters. The van der Waals surface area contributed by atoms with Crippen molar-refractivity contribution in [3.63, 3.8) is 0 Å². The Kier molecular flexibility index (Phi) is 4.38. The number of nitrogens with one attached hydrogen (secondary N) is 1. The largest absolute Gasteiger partial charge is 0.327 e. The predicted molar refractivity (Wildman–Crippen MR) is 69.5 cm³/mol. The summed E-state index contributed by atoms with van der Waals surface area (Å²) in [4.78, 5) is 22.0. The van der Waals surface area contributed by atoms with Gasteiger partial charge in [0.2, 0.25) is 5.91 Å². The zero-order valence-electron chi connectivity index (χ0n) is 10.7. The quantitative estimate of drug-likeness (QED) is 0.630. The van der Waals surface area contributed by atoms with Crippen LogP contribution in [0.4, 0.5) is 11.4 Å². The van der Waals surface area contributed by atoms with E-state index in [1.54, 1.807) is 19.9 Å². The second-order valence-corrected chi connectivity index (χ2v) is 4.44. The molecule has 0 radical (unpaired) electrons. The topological polar surface area (TPSA) is 98.3 Å². The summed E-state index contributed by atoms with van der Waals surface area (Å²) in [6, 6.07) is 2.78. The molecule has 0 aliphatic rings. The number of hydrogen-bond donors (Lipinski definition) is 2. The highest BCUT2D eigenvalue weighted by Crippen LogP contribution is 2.28. The van der Waals surface area contributed by atoms with E-state index < -0.39 is 4.92 Å². The third kappa shape index (κ3) is 3.53. The van der Waals surface area contributed by atoms with E-state index in [1.807, 2.05) is 6.92 Å². The van der Waals surface area contributed by atoms with Crippen LogP contribution in [0.25, 0.3) is 0 Å². The lowest BCUT2D eigenvalue weighted by Gasteiger charge is -2.10. The minimum atomic E-state index is -0.506. The van der Waals surface area contributed by atoms with E-state index in [1.165, 1.54) is 6.07 Å². The van der Waals surface area contributed by atoms with Gasteiger partial charge in [-0.2, -0.15) is 0 Å². The molecule has 18 heavy (non-hydrogen) atoms. The molecular formula is C12H17N3O3. The van der Waals surface area contributed by atoms with Crippen molar-refractivity contribution in [2.24, 2.45) is 5.73 Å². The minimum absolute atomic E-state index is 0.101. The number of nitrogens with zero attached hydrogens (tertiary/aromatic N) is 1. The summed E-state index contributed by atoms with van der Waals surface area (Å²) >= 11 is 0. The molecule has 0 spiro atoms. The Balaban J connectivity index is 3.04. The lowest BCUT2D eigenvalue weighted by atomic mass is 10.1. The van der Waals surface area contributed by atoms with E-state index >= 15 is 0 Å². The van der Waals surface area contributed by atoms with Crippen molar-refractivity contribution >= 4 is 17.3 Å². The van der Waals surface area contributed by atoms with Gasteiger partial charge >= 0.3 is 0 Å². The fourth-order valence-electron chi connectivity index (χ4n) is 1.55. The minimum Gasteiger partial charge on any atom is -0.327 e. The Hall–Kier alpha value is -1.95. The zero-order valence-corrected chi connectivity index (χ0v) is 10.7. The molecule has 1 aromatic carbocycles. The van der Waals surface area contributed by atoms with Gasteiger partial charge in [0.25, 0.3) is 5.69 Å². The van der Waals surface area contributed by atoms with Gasteiger partial charge < -0.3 is 11.1 Å². The van der Waals surface area contributed by atoms with Gasteiger partial charge in [-0.1, -0.05) is 0 Å². The van der Waals surface area contributed by atoms with Crippen molar-refractivity contribution in [2.75, 3.05) is 5.32 Å². The Morgan fingerprint density at radius 1 is 1.44 bits per heavy atom. The van der Waals surface area contributed by atoms with Crippen LogP contribution in [0, 0.1) is 24.0 Å². The van der Waals surface area contributed by atoms with E-state index in [-0.39, 0.29) is 29.7 Å². The van der Waals surface area contributed by atoms with Crippen LogP contribution in [0.1, 0.15) is 24.5 Å². The summed E-state index contributed by atoms with van der Waals surface area (Å²) in [5, 5.41) is 13.4. The Bertz CT molecular complexity index is 484. The average molecular weight is 251 g/mol. The highest BCUT2D eigenvalue weighted by Gasteiger charge is 2.17. The number of carbonyl (C=O) groups excluding carboxylic acids is 1. The maximum atomic E-state index is 11.6. The summed E-state index contributed by atoms with van der Waals surface area (Å²) < 4.78 is 0. The molecule has 3 N–H and O–H groups in total. The first kappa shape index (κ1) is 14.1. The summed E-state index contributed by atoms with van der Waals surface area (Å²) in [5.74, 6) is -0.323. The Morgan fingerprint density at radius 3 is 2.50 bits per heavy atom. The van der Waals surface area contributed by atoms with E-state index in [9.17, 15) is 14.9 Å². The lowest BCUT2D eigenvalue weighted by Crippen LogP contribution is -2.24. The van der Waals surface area contributed by atoms with Gasteiger partial charge in [0, 0.05) is 18.5 Å². The third-order valence-electron chi connectivity index (χ3n) is 2.59. The molecular weight excluding hydrogens is 234 g/mol. The molecule has 6 heteroatoms. The first-order valence-corrected chi connectivity index (χ1v) is 5.62. The molecule has 1 atom stereocenters. The number of carbonyl (C=O) groups is 1. The molecule has 0 aliphatic heterocycles. The van der Waals surface area contributed by atoms with Gasteiger partial charge in [-0.05, 0) is 38.0 Å². The van der Waals surface area contributed by atoms with Crippen LogP contribution in [0.3, 0.4) is 0 Å². The first-order valence-electron chi connectivity index (χ1n) is 5.62. The van der Waals surface area contributed by atoms with Gasteiger partial charge in [0.1, 0.15) is 5.69 Å². The summed E-state index contributed by atoms with van der Waals surface area (Å²) in [6.07, 6.45) is 0.129. The Morgan fingerprint density at radius 2 is 2.00 bits per heavy atom. The second-order valence-electron chi connectivity index (χ2n) is 4.44. The molecule has 0 bridgehead atoms. The van der Waals surface area contributed by atoms with Crippen LogP contribution < -0.4 is 11.1 Å². The number of benzene rings is 1. The van der Waals surface area contributed by atoms with Crippen LogP contribution in [0.2, 0.25) is 0 Å². The fourth-order valence-corrected chi connectivity index (χ4v) is 1.55. The molecule has 0 fully saturated rings. The monoisotopic (exact) mass is 251 g/mol. The van der Waals surface area contributed by atoms with E-state index in [0.29, 0.717) is 0 Å². The molecule has 0 saturated heterocycles. The SMILES string of the molecule is Cc1cc(NC(=O)CC(C)N)c([N+](=O)[O-])cc1C. The molecule has 0 aliphatic carbocycles. The van der Waals surface area contributed by atoms with Gasteiger partial charge in [-0.15, -0.1) is 0 Å². The maximum absolute atomic E-state index is 11.6. The molecule has 98 valence electrons. The van der Waals surface area contributed by atoms with Crippen molar-refractivity contribution in [3.05, 3.63) is 33.4 Å².